The van der Waals surface area contributed by atoms with Crippen molar-refractivity contribution in [3.8, 4) is 0 Å². The van der Waals surface area contributed by atoms with Crippen molar-refractivity contribution in [3.63, 3.8) is 0 Å². The standard InChI is InChI=1S/C13H18ClN3O2/c1-16-7-3-4-9(16)8-17(2)11-6-5-10(14)12(15-11)13(18)19/h5-6,9H,3-4,7-8H2,1-2H3,(H,18,19). The Morgan fingerprint density at radius 2 is 2.37 bits per heavy atom. The summed E-state index contributed by atoms with van der Waals surface area (Å²) in [5.74, 6) is -0.458. The van der Waals surface area contributed by atoms with Gasteiger partial charge in [-0.1, -0.05) is 11.6 Å². The Kier molecular flexibility index (Phi) is 4.27. The summed E-state index contributed by atoms with van der Waals surface area (Å²) in [6.45, 7) is 1.96. The van der Waals surface area contributed by atoms with Crippen molar-refractivity contribution in [2.75, 3.05) is 32.1 Å². The van der Waals surface area contributed by atoms with Crippen LogP contribution in [0.2, 0.25) is 5.02 Å². The highest BCUT2D eigenvalue weighted by atomic mass is 35.5. The van der Waals surface area contributed by atoms with Crippen molar-refractivity contribution in [2.24, 2.45) is 0 Å². The van der Waals surface area contributed by atoms with Gasteiger partial charge in [0.05, 0.1) is 5.02 Å². The van der Waals surface area contributed by atoms with E-state index >= 15 is 0 Å². The second-order valence-electron chi connectivity index (χ2n) is 4.96. The summed E-state index contributed by atoms with van der Waals surface area (Å²) >= 11 is 5.82. The van der Waals surface area contributed by atoms with E-state index in [0.29, 0.717) is 11.9 Å². The van der Waals surface area contributed by atoms with Gasteiger partial charge in [-0.25, -0.2) is 9.78 Å². The van der Waals surface area contributed by atoms with E-state index in [1.165, 1.54) is 12.8 Å². The predicted molar refractivity (Wildman–Crippen MR) is 75.1 cm³/mol. The molecule has 5 nitrogen and oxygen atoms in total. The van der Waals surface area contributed by atoms with Crippen molar-refractivity contribution in [2.45, 2.75) is 18.9 Å². The maximum absolute atomic E-state index is 11.0. The number of rotatable bonds is 4. The first-order chi connectivity index (χ1) is 8.99. The molecular formula is C13H18ClN3O2. The lowest BCUT2D eigenvalue weighted by Crippen LogP contribution is -2.37. The van der Waals surface area contributed by atoms with Gasteiger partial charge >= 0.3 is 5.97 Å². The van der Waals surface area contributed by atoms with E-state index in [0.717, 1.165) is 13.1 Å². The zero-order valence-corrected chi connectivity index (χ0v) is 11.9. The van der Waals surface area contributed by atoms with Crippen LogP contribution in [0.1, 0.15) is 23.3 Å². The van der Waals surface area contributed by atoms with Gasteiger partial charge in [0.2, 0.25) is 0 Å². The fraction of sp³-hybridized carbons (Fsp3) is 0.538. The molecule has 1 aliphatic heterocycles. The number of nitrogens with zero attached hydrogens (tertiary/aromatic N) is 3. The zero-order valence-electron chi connectivity index (χ0n) is 11.1. The predicted octanol–water partition coefficient (Wildman–Crippen LogP) is 1.96. The van der Waals surface area contributed by atoms with E-state index in [-0.39, 0.29) is 10.7 Å². The van der Waals surface area contributed by atoms with Crippen LogP contribution in [-0.2, 0) is 0 Å². The fourth-order valence-electron chi connectivity index (χ4n) is 2.41. The number of carboxylic acids is 1. The number of aromatic nitrogens is 1. The van der Waals surface area contributed by atoms with Crippen LogP contribution in [0.25, 0.3) is 0 Å². The zero-order chi connectivity index (χ0) is 14.0. The SMILES string of the molecule is CN(CC1CCCN1C)c1ccc(Cl)c(C(=O)O)n1. The Morgan fingerprint density at radius 3 is 2.95 bits per heavy atom. The molecule has 0 amide bonds. The number of likely N-dealkylation sites (N-methyl/N-ethyl adjacent to an activating group) is 2. The molecule has 1 fully saturated rings. The van der Waals surface area contributed by atoms with Crippen molar-refractivity contribution in [1.82, 2.24) is 9.88 Å². The van der Waals surface area contributed by atoms with E-state index in [4.69, 9.17) is 16.7 Å². The number of hydrogen-bond acceptors (Lipinski definition) is 4. The molecule has 0 spiro atoms. The van der Waals surface area contributed by atoms with Crippen LogP contribution in [0.3, 0.4) is 0 Å². The molecule has 0 saturated carbocycles. The lowest BCUT2D eigenvalue weighted by atomic mass is 10.2. The van der Waals surface area contributed by atoms with E-state index in [9.17, 15) is 4.79 Å². The quantitative estimate of drug-likeness (QED) is 0.915. The second-order valence-corrected chi connectivity index (χ2v) is 5.37. The highest BCUT2D eigenvalue weighted by molar-refractivity contribution is 6.33. The second kappa shape index (κ2) is 5.75. The molecule has 0 aliphatic carbocycles. The third-order valence-electron chi connectivity index (χ3n) is 3.58. The Bertz CT molecular complexity index is 481. The average Bonchev–Trinajstić information content (AvgIpc) is 2.75. The van der Waals surface area contributed by atoms with E-state index in [2.05, 4.69) is 16.9 Å². The van der Waals surface area contributed by atoms with Crippen molar-refractivity contribution in [1.29, 1.82) is 0 Å². The maximum atomic E-state index is 11.0. The highest BCUT2D eigenvalue weighted by Gasteiger charge is 2.23. The van der Waals surface area contributed by atoms with Gasteiger partial charge in [-0.15, -0.1) is 0 Å². The summed E-state index contributed by atoms with van der Waals surface area (Å²) in [5, 5.41) is 9.19. The molecule has 1 unspecified atom stereocenters. The first-order valence-corrected chi connectivity index (χ1v) is 6.68. The molecule has 0 radical (unpaired) electrons. The number of halogens is 1. The molecule has 2 rings (SSSR count). The van der Waals surface area contributed by atoms with Gasteiger partial charge < -0.3 is 14.9 Å². The van der Waals surface area contributed by atoms with Crippen LogP contribution in [0, 0.1) is 0 Å². The fourth-order valence-corrected chi connectivity index (χ4v) is 2.60. The Morgan fingerprint density at radius 1 is 1.63 bits per heavy atom. The lowest BCUT2D eigenvalue weighted by Gasteiger charge is -2.26. The maximum Gasteiger partial charge on any atom is 0.356 e. The molecule has 0 aromatic carbocycles. The molecule has 19 heavy (non-hydrogen) atoms. The molecule has 1 atom stereocenters. The van der Waals surface area contributed by atoms with Crippen LogP contribution in [0.5, 0.6) is 0 Å². The number of hydrogen-bond donors (Lipinski definition) is 1. The molecule has 0 bridgehead atoms. The van der Waals surface area contributed by atoms with Crippen LogP contribution in [0.15, 0.2) is 12.1 Å². The summed E-state index contributed by atoms with van der Waals surface area (Å²) in [5.41, 5.74) is -0.0919. The van der Waals surface area contributed by atoms with Gasteiger partial charge in [0, 0.05) is 19.6 Å². The third kappa shape index (κ3) is 3.16. The van der Waals surface area contributed by atoms with Crippen molar-refractivity contribution in [3.05, 3.63) is 22.8 Å². The lowest BCUT2D eigenvalue weighted by molar-refractivity contribution is 0.0691. The Labute approximate surface area is 117 Å². The van der Waals surface area contributed by atoms with Gasteiger partial charge in [0.25, 0.3) is 0 Å². The summed E-state index contributed by atoms with van der Waals surface area (Å²) in [6, 6.07) is 3.84. The monoisotopic (exact) mass is 283 g/mol. The average molecular weight is 284 g/mol. The van der Waals surface area contributed by atoms with Gasteiger partial charge in [-0.05, 0) is 38.6 Å². The number of carboxylic acid groups (broad SMARTS) is 1. The molecule has 1 aromatic heterocycles. The highest BCUT2D eigenvalue weighted by Crippen LogP contribution is 2.21. The third-order valence-corrected chi connectivity index (χ3v) is 3.89. The van der Waals surface area contributed by atoms with Gasteiger partial charge in [0.15, 0.2) is 5.69 Å². The Hall–Kier alpha value is -1.33. The minimum Gasteiger partial charge on any atom is -0.476 e. The minimum atomic E-state index is -1.10. The first kappa shape index (κ1) is 14.1. The summed E-state index contributed by atoms with van der Waals surface area (Å²) < 4.78 is 0. The molecule has 104 valence electrons. The van der Waals surface area contributed by atoms with Crippen LogP contribution in [-0.4, -0.2) is 54.2 Å². The number of likely N-dealkylation sites (tertiary alicyclic amines) is 1. The largest absolute Gasteiger partial charge is 0.476 e. The van der Waals surface area contributed by atoms with Crippen molar-refractivity contribution >= 4 is 23.4 Å². The van der Waals surface area contributed by atoms with E-state index in [1.807, 2.05) is 11.9 Å². The molecule has 1 saturated heterocycles. The summed E-state index contributed by atoms with van der Waals surface area (Å²) in [6.07, 6.45) is 2.38. The van der Waals surface area contributed by atoms with Gasteiger partial charge in [-0.3, -0.25) is 0 Å². The summed E-state index contributed by atoms with van der Waals surface area (Å²) in [7, 11) is 4.04. The van der Waals surface area contributed by atoms with Crippen LogP contribution < -0.4 is 4.90 Å². The molecule has 1 aromatic rings. The van der Waals surface area contributed by atoms with Crippen molar-refractivity contribution < 1.29 is 9.90 Å². The first-order valence-electron chi connectivity index (χ1n) is 6.30. The number of pyridine rings is 1. The topological polar surface area (TPSA) is 56.7 Å². The normalized spacial score (nSPS) is 19.6. The van der Waals surface area contributed by atoms with E-state index < -0.39 is 5.97 Å². The molecule has 1 N–H and O–H groups in total. The van der Waals surface area contributed by atoms with Crippen LogP contribution >= 0.6 is 11.6 Å². The Balaban J connectivity index is 2.12. The summed E-state index contributed by atoms with van der Waals surface area (Å²) in [4.78, 5) is 19.4. The van der Waals surface area contributed by atoms with Gasteiger partial charge in [-0.2, -0.15) is 0 Å². The molecular weight excluding hydrogens is 266 g/mol. The van der Waals surface area contributed by atoms with E-state index in [1.54, 1.807) is 12.1 Å². The molecule has 1 aliphatic rings. The van der Waals surface area contributed by atoms with Crippen LogP contribution in [0.4, 0.5) is 5.82 Å². The minimum absolute atomic E-state index is 0.0919. The van der Waals surface area contributed by atoms with Gasteiger partial charge in [0.1, 0.15) is 5.82 Å². The number of anilines is 1. The molecule has 2 heterocycles. The number of carbonyl (C=O) groups is 1. The molecule has 6 heteroatoms. The smallest absolute Gasteiger partial charge is 0.356 e. The number of aromatic carboxylic acids is 1.